The van der Waals surface area contributed by atoms with Crippen LogP contribution >= 0.6 is 0 Å². The van der Waals surface area contributed by atoms with Crippen molar-refractivity contribution < 1.29 is 18.7 Å². The number of amides is 1. The van der Waals surface area contributed by atoms with Crippen molar-refractivity contribution in [3.63, 3.8) is 0 Å². The normalized spacial score (nSPS) is 15.3. The summed E-state index contributed by atoms with van der Waals surface area (Å²) in [5, 5.41) is 15.2. The van der Waals surface area contributed by atoms with Gasteiger partial charge in [0.15, 0.2) is 0 Å². The van der Waals surface area contributed by atoms with Crippen LogP contribution in [0.4, 0.5) is 9.18 Å². The summed E-state index contributed by atoms with van der Waals surface area (Å²) < 4.78 is 17.3. The lowest BCUT2D eigenvalue weighted by Crippen LogP contribution is -2.60. The predicted octanol–water partition coefficient (Wildman–Crippen LogP) is 5.18. The Balaban J connectivity index is 2.38. The molecule has 0 heterocycles. The zero-order valence-electron chi connectivity index (χ0n) is 16.5. The molecule has 0 aliphatic heterocycles. The molecule has 0 N–H and O–H groups in total. The Kier molecular flexibility index (Phi) is 6.36. The summed E-state index contributed by atoms with van der Waals surface area (Å²) >= 11 is 0. The zero-order valence-corrected chi connectivity index (χ0v) is 16.5. The van der Waals surface area contributed by atoms with E-state index in [1.54, 1.807) is 46.9 Å². The van der Waals surface area contributed by atoms with Gasteiger partial charge in [-0.3, -0.25) is 0 Å². The number of halogens is 1. The van der Waals surface area contributed by atoms with Crippen molar-refractivity contribution in [3.05, 3.63) is 76.7 Å². The lowest BCUT2D eigenvalue weighted by atomic mass is 10.1. The number of carbonyl (C=O) groups is 1. The molecule has 2 aromatic rings. The van der Waals surface area contributed by atoms with Gasteiger partial charge in [0.1, 0.15) is 17.5 Å². The average Bonchev–Trinajstić information content (AvgIpc) is 2.61. The molecule has 1 amide bonds. The lowest BCUT2D eigenvalue weighted by molar-refractivity contribution is -0.954. The number of quaternary nitrogens is 1. The number of ether oxygens (including phenoxy) is 1. The molecule has 0 saturated carbocycles. The van der Waals surface area contributed by atoms with Crippen LogP contribution in [0.3, 0.4) is 0 Å². The number of hydrogen-bond acceptors (Lipinski definition) is 4. The fraction of sp³-hybridized carbons (Fsp3) is 0.381. The van der Waals surface area contributed by atoms with Gasteiger partial charge in [-0.1, -0.05) is 42.5 Å². The maximum atomic E-state index is 13.9. The van der Waals surface area contributed by atoms with Gasteiger partial charge in [-0.25, -0.2) is 4.39 Å². The average molecular weight is 374 g/mol. The standard InChI is InChI=1S/C21H27FN2O3/c1-16(18-9-7-6-8-10-18)24(26,20(25)27-21(2,3)4)23(5)15-17-11-13-19(22)14-12-17/h6-14,16H,15H2,1-5H3. The first-order valence-electron chi connectivity index (χ1n) is 8.88. The molecule has 0 radical (unpaired) electrons. The fourth-order valence-corrected chi connectivity index (χ4v) is 2.81. The number of hydrogen-bond donors (Lipinski definition) is 0. The molecule has 5 nitrogen and oxygen atoms in total. The largest absolute Gasteiger partial charge is 0.601 e. The molecule has 146 valence electrons. The number of rotatable bonds is 5. The summed E-state index contributed by atoms with van der Waals surface area (Å²) in [5.74, 6) is -0.353. The van der Waals surface area contributed by atoms with Gasteiger partial charge in [-0.2, -0.15) is 9.55 Å². The van der Waals surface area contributed by atoms with Crippen LogP contribution < -0.4 is 0 Å². The van der Waals surface area contributed by atoms with Crippen molar-refractivity contribution in [1.82, 2.24) is 5.01 Å². The molecule has 0 aliphatic carbocycles. The van der Waals surface area contributed by atoms with Gasteiger partial charge in [-0.15, -0.1) is 5.01 Å². The Morgan fingerprint density at radius 3 is 2.22 bits per heavy atom. The van der Waals surface area contributed by atoms with E-state index in [4.69, 9.17) is 4.74 Å². The highest BCUT2D eigenvalue weighted by atomic mass is 19.1. The van der Waals surface area contributed by atoms with Crippen LogP contribution in [0.1, 0.15) is 44.9 Å². The number of nitrogens with zero attached hydrogens (tertiary/aromatic N) is 2. The minimum absolute atomic E-state index is 0.167. The molecule has 0 saturated heterocycles. The lowest BCUT2D eigenvalue weighted by Gasteiger charge is -2.48. The molecule has 0 aliphatic rings. The zero-order chi connectivity index (χ0) is 20.2. The molecule has 0 bridgehead atoms. The number of carbonyl (C=O) groups excluding carboxylic acids is 1. The molecule has 2 unspecified atom stereocenters. The Morgan fingerprint density at radius 1 is 1.15 bits per heavy atom. The predicted molar refractivity (Wildman–Crippen MR) is 103 cm³/mol. The monoisotopic (exact) mass is 374 g/mol. The minimum Gasteiger partial charge on any atom is -0.601 e. The molecule has 0 fully saturated rings. The molecule has 2 rings (SSSR count). The van der Waals surface area contributed by atoms with Crippen LogP contribution in [0, 0.1) is 11.0 Å². The van der Waals surface area contributed by atoms with Crippen molar-refractivity contribution in [3.8, 4) is 0 Å². The van der Waals surface area contributed by atoms with E-state index in [0.29, 0.717) is 0 Å². The van der Waals surface area contributed by atoms with Crippen LogP contribution in [0.2, 0.25) is 0 Å². The SMILES string of the molecule is CC(c1ccccc1)[N+]([O-])(C(=O)OC(C)(C)C)N(C)Cc1ccc(F)cc1. The third kappa shape index (κ3) is 5.13. The van der Waals surface area contributed by atoms with Gasteiger partial charge in [0.05, 0.1) is 6.54 Å². The van der Waals surface area contributed by atoms with Crippen LogP contribution in [0.15, 0.2) is 54.6 Å². The summed E-state index contributed by atoms with van der Waals surface area (Å²) in [6.45, 7) is 7.04. The van der Waals surface area contributed by atoms with E-state index in [2.05, 4.69) is 0 Å². The van der Waals surface area contributed by atoms with E-state index in [0.717, 1.165) is 11.1 Å². The Morgan fingerprint density at radius 2 is 1.70 bits per heavy atom. The fourth-order valence-electron chi connectivity index (χ4n) is 2.81. The van der Waals surface area contributed by atoms with E-state index >= 15 is 0 Å². The van der Waals surface area contributed by atoms with Gasteiger partial charge in [0, 0.05) is 12.6 Å². The van der Waals surface area contributed by atoms with Gasteiger partial charge in [0.2, 0.25) is 0 Å². The molecular formula is C21H27FN2O3. The quantitative estimate of drug-likeness (QED) is 0.534. The smallest absolute Gasteiger partial charge is 0.537 e. The summed E-state index contributed by atoms with van der Waals surface area (Å²) in [7, 11) is 1.57. The second-order valence-electron chi connectivity index (χ2n) is 7.63. The van der Waals surface area contributed by atoms with Gasteiger partial charge in [-0.05, 0) is 45.4 Å². The van der Waals surface area contributed by atoms with E-state index in [1.807, 2.05) is 30.3 Å². The second kappa shape index (κ2) is 8.17. The first kappa shape index (κ1) is 21.0. The highest BCUT2D eigenvalue weighted by Crippen LogP contribution is 2.32. The molecule has 6 heteroatoms. The highest BCUT2D eigenvalue weighted by Gasteiger charge is 2.43. The van der Waals surface area contributed by atoms with Crippen molar-refractivity contribution in [2.45, 2.75) is 45.9 Å². The molecule has 2 atom stereocenters. The second-order valence-corrected chi connectivity index (χ2v) is 7.63. The summed E-state index contributed by atoms with van der Waals surface area (Å²) in [6.07, 6.45) is -0.886. The van der Waals surface area contributed by atoms with E-state index in [9.17, 15) is 14.4 Å². The van der Waals surface area contributed by atoms with Crippen molar-refractivity contribution in [2.24, 2.45) is 0 Å². The summed E-state index contributed by atoms with van der Waals surface area (Å²) in [5.41, 5.74) is 0.656. The number of hydroxylamine groups is 2. The highest BCUT2D eigenvalue weighted by molar-refractivity contribution is 5.60. The molecular weight excluding hydrogens is 347 g/mol. The third-order valence-corrected chi connectivity index (χ3v) is 4.29. The summed E-state index contributed by atoms with van der Waals surface area (Å²) in [4.78, 5) is 12.9. The van der Waals surface area contributed by atoms with Gasteiger partial charge >= 0.3 is 6.09 Å². The van der Waals surface area contributed by atoms with E-state index in [-0.39, 0.29) is 12.4 Å². The van der Waals surface area contributed by atoms with Crippen LogP contribution in [-0.2, 0) is 11.3 Å². The maximum Gasteiger partial charge on any atom is 0.537 e. The minimum atomic E-state index is -1.31. The Labute approximate surface area is 160 Å². The van der Waals surface area contributed by atoms with Crippen molar-refractivity contribution in [1.29, 1.82) is 0 Å². The van der Waals surface area contributed by atoms with Crippen molar-refractivity contribution in [2.75, 3.05) is 7.05 Å². The van der Waals surface area contributed by atoms with Gasteiger partial charge < -0.3 is 9.94 Å². The summed E-state index contributed by atoms with van der Waals surface area (Å²) in [6, 6.07) is 14.3. The Bertz CT molecular complexity index is 759. The molecule has 2 aromatic carbocycles. The van der Waals surface area contributed by atoms with Crippen molar-refractivity contribution >= 4 is 6.09 Å². The van der Waals surface area contributed by atoms with Crippen LogP contribution in [0.25, 0.3) is 0 Å². The van der Waals surface area contributed by atoms with Crippen LogP contribution in [-0.4, -0.2) is 28.5 Å². The maximum absolute atomic E-state index is 13.9. The Hall–Kier alpha value is -2.28. The first-order valence-corrected chi connectivity index (χ1v) is 8.88. The van der Waals surface area contributed by atoms with E-state index < -0.39 is 22.5 Å². The third-order valence-electron chi connectivity index (χ3n) is 4.29. The molecule has 27 heavy (non-hydrogen) atoms. The first-order chi connectivity index (χ1) is 12.5. The van der Waals surface area contributed by atoms with Crippen LogP contribution in [0.5, 0.6) is 0 Å². The van der Waals surface area contributed by atoms with Gasteiger partial charge in [0.25, 0.3) is 0 Å². The number of benzene rings is 2. The van der Waals surface area contributed by atoms with E-state index in [1.165, 1.54) is 17.1 Å². The molecule has 0 spiro atoms. The topological polar surface area (TPSA) is 52.6 Å². The molecule has 0 aromatic heterocycles.